The summed E-state index contributed by atoms with van der Waals surface area (Å²) in [6.07, 6.45) is 1.60. The SMILES string of the molecule is CSc1cc([N+](=O)[O-])c(C(N)=O)c([N+](=O)[O-])c1. The van der Waals surface area contributed by atoms with Gasteiger partial charge in [0.25, 0.3) is 17.3 Å². The predicted octanol–water partition coefficient (Wildman–Crippen LogP) is 1.32. The minimum Gasteiger partial charge on any atom is -0.365 e. The van der Waals surface area contributed by atoms with Gasteiger partial charge in [-0.15, -0.1) is 11.8 Å². The van der Waals surface area contributed by atoms with E-state index in [9.17, 15) is 25.0 Å². The van der Waals surface area contributed by atoms with Crippen molar-refractivity contribution in [2.45, 2.75) is 4.90 Å². The molecule has 1 aromatic carbocycles. The van der Waals surface area contributed by atoms with Gasteiger partial charge in [-0.2, -0.15) is 0 Å². The normalized spacial score (nSPS) is 9.94. The molecule has 17 heavy (non-hydrogen) atoms. The average molecular weight is 257 g/mol. The molecular formula is C8H7N3O5S. The van der Waals surface area contributed by atoms with Gasteiger partial charge in [-0.1, -0.05) is 0 Å². The third-order valence-electron chi connectivity index (χ3n) is 1.95. The number of nitrogens with zero attached hydrogens (tertiary/aromatic N) is 2. The molecule has 2 N–H and O–H groups in total. The second kappa shape index (κ2) is 4.78. The Hall–Kier alpha value is -2.16. The molecule has 0 aliphatic rings. The minimum absolute atomic E-state index is 0.313. The van der Waals surface area contributed by atoms with E-state index >= 15 is 0 Å². The average Bonchev–Trinajstić information content (AvgIpc) is 2.26. The monoisotopic (exact) mass is 257 g/mol. The van der Waals surface area contributed by atoms with Crippen LogP contribution < -0.4 is 5.73 Å². The van der Waals surface area contributed by atoms with Crippen LogP contribution in [0.15, 0.2) is 17.0 Å². The lowest BCUT2D eigenvalue weighted by Gasteiger charge is -2.03. The van der Waals surface area contributed by atoms with Gasteiger partial charge in [0.1, 0.15) is 0 Å². The molecule has 0 spiro atoms. The number of nitro benzene ring substituents is 2. The van der Waals surface area contributed by atoms with E-state index in [1.807, 2.05) is 0 Å². The van der Waals surface area contributed by atoms with Gasteiger partial charge in [0.05, 0.1) is 9.85 Å². The van der Waals surface area contributed by atoms with Gasteiger partial charge < -0.3 is 5.73 Å². The van der Waals surface area contributed by atoms with Crippen molar-refractivity contribution in [3.63, 3.8) is 0 Å². The first-order valence-corrected chi connectivity index (χ1v) is 5.41. The van der Waals surface area contributed by atoms with Crippen LogP contribution in [0.25, 0.3) is 0 Å². The molecule has 9 heteroatoms. The van der Waals surface area contributed by atoms with E-state index in [1.165, 1.54) is 0 Å². The summed E-state index contributed by atoms with van der Waals surface area (Å²) in [5, 5.41) is 21.5. The van der Waals surface area contributed by atoms with E-state index in [0.717, 1.165) is 23.9 Å². The standard InChI is InChI=1S/C8H7N3O5S/c1-17-4-2-5(10(13)14)7(8(9)12)6(3-4)11(15)16/h2-3H,1H3,(H2,9,12). The molecule has 0 aromatic heterocycles. The summed E-state index contributed by atoms with van der Waals surface area (Å²) in [6, 6.07) is 2.16. The van der Waals surface area contributed by atoms with Crippen molar-refractivity contribution in [2.75, 3.05) is 6.26 Å². The molecule has 0 saturated carbocycles. The maximum atomic E-state index is 11.1. The molecule has 0 unspecified atom stereocenters. The number of amides is 1. The molecule has 0 radical (unpaired) electrons. The summed E-state index contributed by atoms with van der Waals surface area (Å²) in [6.45, 7) is 0. The topological polar surface area (TPSA) is 129 Å². The van der Waals surface area contributed by atoms with Crippen LogP contribution in [-0.2, 0) is 0 Å². The van der Waals surface area contributed by atoms with Crippen LogP contribution in [0.2, 0.25) is 0 Å². The minimum atomic E-state index is -1.20. The van der Waals surface area contributed by atoms with Crippen molar-refractivity contribution in [2.24, 2.45) is 5.73 Å². The van der Waals surface area contributed by atoms with Gasteiger partial charge in [-0.25, -0.2) is 0 Å². The molecule has 0 heterocycles. The summed E-state index contributed by atoms with van der Waals surface area (Å²) in [5.41, 5.74) is 2.93. The first-order valence-electron chi connectivity index (χ1n) is 4.19. The number of primary amides is 1. The second-order valence-corrected chi connectivity index (χ2v) is 3.80. The Morgan fingerprint density at radius 3 is 1.88 bits per heavy atom. The first-order chi connectivity index (χ1) is 7.88. The van der Waals surface area contributed by atoms with E-state index in [1.54, 1.807) is 6.26 Å². The van der Waals surface area contributed by atoms with Gasteiger partial charge in [-0.05, 0) is 6.26 Å². The Bertz CT molecular complexity index is 481. The Morgan fingerprint density at radius 1 is 1.24 bits per heavy atom. The van der Waals surface area contributed by atoms with Crippen molar-refractivity contribution in [3.05, 3.63) is 37.9 Å². The molecule has 1 amide bonds. The number of hydrogen-bond donors (Lipinski definition) is 1. The Kier molecular flexibility index (Phi) is 3.63. The molecule has 0 saturated heterocycles. The highest BCUT2D eigenvalue weighted by Crippen LogP contribution is 2.33. The molecule has 0 fully saturated rings. The fourth-order valence-corrected chi connectivity index (χ4v) is 1.70. The molecular weight excluding hydrogens is 250 g/mol. The van der Waals surface area contributed by atoms with Crippen LogP contribution >= 0.6 is 11.8 Å². The largest absolute Gasteiger partial charge is 0.365 e. The summed E-state index contributed by atoms with van der Waals surface area (Å²) < 4.78 is 0. The van der Waals surface area contributed by atoms with E-state index in [2.05, 4.69) is 0 Å². The molecule has 1 aromatic rings. The highest BCUT2D eigenvalue weighted by Gasteiger charge is 2.30. The molecule has 0 bridgehead atoms. The van der Waals surface area contributed by atoms with Gasteiger partial charge >= 0.3 is 0 Å². The number of benzene rings is 1. The molecule has 8 nitrogen and oxygen atoms in total. The van der Waals surface area contributed by atoms with Crippen molar-refractivity contribution >= 4 is 29.0 Å². The maximum absolute atomic E-state index is 11.1. The lowest BCUT2D eigenvalue weighted by Crippen LogP contribution is -2.16. The van der Waals surface area contributed by atoms with Crippen molar-refractivity contribution in [1.29, 1.82) is 0 Å². The Morgan fingerprint density at radius 2 is 1.65 bits per heavy atom. The van der Waals surface area contributed by atoms with Crippen LogP contribution in [0.1, 0.15) is 10.4 Å². The maximum Gasteiger partial charge on any atom is 0.290 e. The van der Waals surface area contributed by atoms with Crippen LogP contribution in [0, 0.1) is 20.2 Å². The third kappa shape index (κ3) is 2.50. The summed E-state index contributed by atoms with van der Waals surface area (Å²) in [4.78, 5) is 31.1. The lowest BCUT2D eigenvalue weighted by atomic mass is 10.1. The molecule has 90 valence electrons. The van der Waals surface area contributed by atoms with Crippen molar-refractivity contribution in [1.82, 2.24) is 0 Å². The zero-order valence-corrected chi connectivity index (χ0v) is 9.39. The van der Waals surface area contributed by atoms with Crippen molar-refractivity contribution < 1.29 is 14.6 Å². The first kappa shape index (κ1) is 12.9. The fourth-order valence-electron chi connectivity index (χ4n) is 1.25. The zero-order valence-electron chi connectivity index (χ0n) is 8.58. The summed E-state index contributed by atoms with van der Waals surface area (Å²) in [7, 11) is 0. The van der Waals surface area contributed by atoms with E-state index in [0.29, 0.717) is 4.90 Å². The van der Waals surface area contributed by atoms with Gasteiger partial charge in [-0.3, -0.25) is 25.0 Å². The number of carbonyl (C=O) groups is 1. The zero-order chi connectivity index (χ0) is 13.2. The van der Waals surface area contributed by atoms with Crippen LogP contribution in [0.4, 0.5) is 11.4 Å². The highest BCUT2D eigenvalue weighted by atomic mass is 32.2. The Balaban J connectivity index is 3.67. The third-order valence-corrected chi connectivity index (χ3v) is 2.65. The lowest BCUT2D eigenvalue weighted by molar-refractivity contribution is -0.394. The number of rotatable bonds is 4. The molecule has 0 atom stereocenters. The highest BCUT2D eigenvalue weighted by molar-refractivity contribution is 7.98. The van der Waals surface area contributed by atoms with Crippen LogP contribution in [0.5, 0.6) is 0 Å². The number of hydrogen-bond acceptors (Lipinski definition) is 6. The number of nitro groups is 2. The quantitative estimate of drug-likeness (QED) is 0.491. The molecule has 0 aliphatic heterocycles. The Labute approximate surface area is 99.1 Å². The smallest absolute Gasteiger partial charge is 0.290 e. The van der Waals surface area contributed by atoms with Gasteiger partial charge in [0, 0.05) is 17.0 Å². The number of nitrogens with two attached hydrogens (primary N) is 1. The van der Waals surface area contributed by atoms with Gasteiger partial charge in [0.15, 0.2) is 5.56 Å². The van der Waals surface area contributed by atoms with Crippen LogP contribution in [0.3, 0.4) is 0 Å². The summed E-state index contributed by atoms with van der Waals surface area (Å²) in [5.74, 6) is -1.20. The van der Waals surface area contributed by atoms with E-state index in [4.69, 9.17) is 5.73 Å². The van der Waals surface area contributed by atoms with E-state index in [-0.39, 0.29) is 0 Å². The summed E-state index contributed by atoms with van der Waals surface area (Å²) >= 11 is 1.09. The van der Waals surface area contributed by atoms with E-state index < -0.39 is 32.7 Å². The van der Waals surface area contributed by atoms with Gasteiger partial charge in [0.2, 0.25) is 0 Å². The molecule has 0 aliphatic carbocycles. The predicted molar refractivity (Wildman–Crippen MR) is 60.0 cm³/mol. The second-order valence-electron chi connectivity index (χ2n) is 2.92. The van der Waals surface area contributed by atoms with Crippen molar-refractivity contribution in [3.8, 4) is 0 Å². The number of carbonyl (C=O) groups excluding carboxylic acids is 1. The molecule has 1 rings (SSSR count). The number of thioether (sulfide) groups is 1. The fraction of sp³-hybridized carbons (Fsp3) is 0.125. The van der Waals surface area contributed by atoms with Crippen LogP contribution in [-0.4, -0.2) is 22.0 Å².